The second-order valence-electron chi connectivity index (χ2n) is 5.52. The molecule has 0 spiro atoms. The molecule has 1 heterocycles. The number of fused-ring (bicyclic) bond motifs is 1. The molecule has 2 aromatic rings. The SMILES string of the molecule is CC(=O)Oc1cccc(C2=Cc3ccc(C)cc3OC2C)c1. The summed E-state index contributed by atoms with van der Waals surface area (Å²) in [4.78, 5) is 11.1. The molecule has 1 aliphatic heterocycles. The fourth-order valence-electron chi connectivity index (χ4n) is 2.62. The van der Waals surface area contributed by atoms with Crippen molar-refractivity contribution in [1.82, 2.24) is 0 Å². The molecule has 1 aliphatic rings. The van der Waals surface area contributed by atoms with Crippen molar-refractivity contribution in [3.05, 3.63) is 59.2 Å². The maximum Gasteiger partial charge on any atom is 0.308 e. The van der Waals surface area contributed by atoms with Crippen LogP contribution < -0.4 is 9.47 Å². The smallest absolute Gasteiger partial charge is 0.308 e. The quantitative estimate of drug-likeness (QED) is 0.614. The third-order valence-electron chi connectivity index (χ3n) is 3.65. The summed E-state index contributed by atoms with van der Waals surface area (Å²) < 4.78 is 11.2. The van der Waals surface area contributed by atoms with Gasteiger partial charge in [0.15, 0.2) is 0 Å². The zero-order chi connectivity index (χ0) is 15.7. The van der Waals surface area contributed by atoms with E-state index in [1.165, 1.54) is 12.5 Å². The summed E-state index contributed by atoms with van der Waals surface area (Å²) in [6, 6.07) is 13.7. The first-order valence-corrected chi connectivity index (χ1v) is 7.30. The summed E-state index contributed by atoms with van der Waals surface area (Å²) in [5, 5.41) is 0. The Balaban J connectivity index is 2.00. The first-order valence-electron chi connectivity index (χ1n) is 7.30. The molecular formula is C19H18O3. The van der Waals surface area contributed by atoms with Crippen molar-refractivity contribution in [2.45, 2.75) is 26.9 Å². The van der Waals surface area contributed by atoms with Gasteiger partial charge in [-0.2, -0.15) is 0 Å². The van der Waals surface area contributed by atoms with Gasteiger partial charge in [-0.25, -0.2) is 0 Å². The number of esters is 1. The second kappa shape index (κ2) is 5.68. The Bertz CT molecular complexity index is 759. The van der Waals surface area contributed by atoms with Crippen LogP contribution in [0.25, 0.3) is 11.6 Å². The number of aryl methyl sites for hydroxylation is 1. The first-order chi connectivity index (χ1) is 10.5. The number of hydrogen-bond acceptors (Lipinski definition) is 3. The summed E-state index contributed by atoms with van der Waals surface area (Å²) in [7, 11) is 0. The van der Waals surface area contributed by atoms with Gasteiger partial charge in [0.1, 0.15) is 17.6 Å². The molecule has 22 heavy (non-hydrogen) atoms. The average Bonchev–Trinajstić information content (AvgIpc) is 2.46. The minimum atomic E-state index is -0.320. The Morgan fingerprint density at radius 3 is 2.77 bits per heavy atom. The van der Waals surface area contributed by atoms with Crippen LogP contribution in [-0.2, 0) is 4.79 Å². The highest BCUT2D eigenvalue weighted by Crippen LogP contribution is 2.35. The van der Waals surface area contributed by atoms with E-state index < -0.39 is 0 Å². The Hall–Kier alpha value is -2.55. The standard InChI is InChI=1S/C19H18O3/c1-12-7-8-16-11-18(13(2)21-19(16)9-12)15-5-4-6-17(10-15)22-14(3)20/h4-11,13H,1-3H3. The zero-order valence-corrected chi connectivity index (χ0v) is 12.9. The van der Waals surface area contributed by atoms with Crippen LogP contribution in [0, 0.1) is 6.92 Å². The van der Waals surface area contributed by atoms with Gasteiger partial charge in [-0.3, -0.25) is 4.79 Å². The molecule has 0 radical (unpaired) electrons. The largest absolute Gasteiger partial charge is 0.485 e. The third-order valence-corrected chi connectivity index (χ3v) is 3.65. The number of ether oxygens (including phenoxy) is 2. The van der Waals surface area contributed by atoms with E-state index in [1.54, 1.807) is 6.07 Å². The van der Waals surface area contributed by atoms with Gasteiger partial charge in [-0.05, 0) is 49.2 Å². The van der Waals surface area contributed by atoms with Gasteiger partial charge < -0.3 is 9.47 Å². The lowest BCUT2D eigenvalue weighted by molar-refractivity contribution is -0.131. The number of carbonyl (C=O) groups excluding carboxylic acids is 1. The molecule has 0 N–H and O–H groups in total. The molecule has 3 heteroatoms. The molecule has 0 amide bonds. The van der Waals surface area contributed by atoms with Crippen molar-refractivity contribution in [3.63, 3.8) is 0 Å². The Labute approximate surface area is 130 Å². The number of rotatable bonds is 2. The van der Waals surface area contributed by atoms with E-state index in [0.717, 1.165) is 22.4 Å². The highest BCUT2D eigenvalue weighted by atomic mass is 16.5. The molecule has 0 saturated carbocycles. The molecule has 3 rings (SSSR count). The van der Waals surface area contributed by atoms with Crippen LogP contribution >= 0.6 is 0 Å². The van der Waals surface area contributed by atoms with Crippen molar-refractivity contribution in [3.8, 4) is 11.5 Å². The summed E-state index contributed by atoms with van der Waals surface area (Å²) in [5.74, 6) is 1.14. The summed E-state index contributed by atoms with van der Waals surface area (Å²) in [6.45, 7) is 5.47. The van der Waals surface area contributed by atoms with Crippen LogP contribution in [0.4, 0.5) is 0 Å². The van der Waals surface area contributed by atoms with E-state index >= 15 is 0 Å². The fraction of sp³-hybridized carbons (Fsp3) is 0.211. The first kappa shape index (κ1) is 14.4. The van der Waals surface area contributed by atoms with Crippen LogP contribution in [0.15, 0.2) is 42.5 Å². The molecular weight excluding hydrogens is 276 g/mol. The molecule has 112 valence electrons. The second-order valence-corrected chi connectivity index (χ2v) is 5.52. The lowest BCUT2D eigenvalue weighted by Crippen LogP contribution is -2.18. The summed E-state index contributed by atoms with van der Waals surface area (Å²) in [5.41, 5.74) is 4.32. The molecule has 3 nitrogen and oxygen atoms in total. The maximum absolute atomic E-state index is 11.1. The molecule has 0 aliphatic carbocycles. The summed E-state index contributed by atoms with van der Waals surface area (Å²) >= 11 is 0. The van der Waals surface area contributed by atoms with Gasteiger partial charge in [0, 0.05) is 18.1 Å². The fourth-order valence-corrected chi connectivity index (χ4v) is 2.62. The predicted molar refractivity (Wildman–Crippen MR) is 86.9 cm³/mol. The van der Waals surface area contributed by atoms with Crippen molar-refractivity contribution < 1.29 is 14.3 Å². The van der Waals surface area contributed by atoms with Gasteiger partial charge in [0.25, 0.3) is 0 Å². The van der Waals surface area contributed by atoms with E-state index in [-0.39, 0.29) is 12.1 Å². The van der Waals surface area contributed by atoms with Crippen LogP contribution in [0.3, 0.4) is 0 Å². The highest BCUT2D eigenvalue weighted by Gasteiger charge is 2.20. The van der Waals surface area contributed by atoms with Gasteiger partial charge in [-0.1, -0.05) is 24.3 Å². The molecule has 1 atom stereocenters. The normalized spacial score (nSPS) is 16.3. The van der Waals surface area contributed by atoms with Gasteiger partial charge in [-0.15, -0.1) is 0 Å². The van der Waals surface area contributed by atoms with Crippen LogP contribution in [0.5, 0.6) is 11.5 Å². The Morgan fingerprint density at radius 1 is 1.18 bits per heavy atom. The average molecular weight is 294 g/mol. The number of benzene rings is 2. The van der Waals surface area contributed by atoms with E-state index in [0.29, 0.717) is 5.75 Å². The van der Waals surface area contributed by atoms with E-state index in [4.69, 9.17) is 9.47 Å². The van der Waals surface area contributed by atoms with E-state index in [2.05, 4.69) is 25.1 Å². The molecule has 0 fully saturated rings. The number of hydrogen-bond donors (Lipinski definition) is 0. The topological polar surface area (TPSA) is 35.5 Å². The lowest BCUT2D eigenvalue weighted by atomic mass is 9.95. The van der Waals surface area contributed by atoms with Gasteiger partial charge >= 0.3 is 5.97 Å². The molecule has 0 aromatic heterocycles. The van der Waals surface area contributed by atoms with Crippen molar-refractivity contribution in [2.75, 3.05) is 0 Å². The molecule has 0 saturated heterocycles. The van der Waals surface area contributed by atoms with Crippen LogP contribution in [0.2, 0.25) is 0 Å². The minimum absolute atomic E-state index is 0.0538. The molecule has 2 aromatic carbocycles. The Kier molecular flexibility index (Phi) is 3.72. The van der Waals surface area contributed by atoms with E-state index in [9.17, 15) is 4.79 Å². The molecule has 1 unspecified atom stereocenters. The summed E-state index contributed by atoms with van der Waals surface area (Å²) in [6.07, 6.45) is 2.08. The monoisotopic (exact) mass is 294 g/mol. The highest BCUT2D eigenvalue weighted by molar-refractivity contribution is 5.87. The third kappa shape index (κ3) is 2.89. The Morgan fingerprint density at radius 2 is 2.00 bits per heavy atom. The van der Waals surface area contributed by atoms with Crippen LogP contribution in [0.1, 0.15) is 30.5 Å². The molecule has 0 bridgehead atoms. The van der Waals surface area contributed by atoms with Crippen molar-refractivity contribution in [1.29, 1.82) is 0 Å². The van der Waals surface area contributed by atoms with Gasteiger partial charge in [0.05, 0.1) is 0 Å². The number of carbonyl (C=O) groups is 1. The van der Waals surface area contributed by atoms with Crippen molar-refractivity contribution >= 4 is 17.6 Å². The van der Waals surface area contributed by atoms with Gasteiger partial charge in [0.2, 0.25) is 0 Å². The predicted octanol–water partition coefficient (Wildman–Crippen LogP) is 4.24. The lowest BCUT2D eigenvalue weighted by Gasteiger charge is -2.25. The van der Waals surface area contributed by atoms with Crippen molar-refractivity contribution in [2.24, 2.45) is 0 Å². The minimum Gasteiger partial charge on any atom is -0.485 e. The van der Waals surface area contributed by atoms with E-state index in [1.807, 2.05) is 31.2 Å². The zero-order valence-electron chi connectivity index (χ0n) is 12.9. The maximum atomic E-state index is 11.1. The van der Waals surface area contributed by atoms with Crippen LogP contribution in [-0.4, -0.2) is 12.1 Å².